The molecule has 0 aromatic heterocycles. The minimum atomic E-state index is -4.27. The predicted octanol–water partition coefficient (Wildman–Crippen LogP) is 0.977. The molecule has 0 saturated carbocycles. The van der Waals surface area contributed by atoms with Gasteiger partial charge in [-0.2, -0.15) is 16.8 Å². The molecule has 6 nitrogen and oxygen atoms in total. The van der Waals surface area contributed by atoms with Crippen molar-refractivity contribution < 1.29 is 25.6 Å². The molecule has 1 N–H and O–H groups in total. The average molecular weight is 294 g/mol. The van der Waals surface area contributed by atoms with E-state index in [0.717, 1.165) is 5.56 Å². The molecule has 0 aliphatic carbocycles. The van der Waals surface area contributed by atoms with Gasteiger partial charge in [0, 0.05) is 0 Å². The fourth-order valence-electron chi connectivity index (χ4n) is 1.30. The third kappa shape index (κ3) is 4.73. The Morgan fingerprint density at radius 3 is 2.11 bits per heavy atom. The molecule has 0 aliphatic rings. The third-order valence-corrected chi connectivity index (χ3v) is 4.37. The highest BCUT2D eigenvalue weighted by Gasteiger charge is 2.22. The number of benzene rings is 1. The number of aryl methyl sites for hydroxylation is 1. The van der Waals surface area contributed by atoms with Gasteiger partial charge in [0.15, 0.2) is 0 Å². The summed E-state index contributed by atoms with van der Waals surface area (Å²) in [6.45, 7) is 3.05. The van der Waals surface area contributed by atoms with Crippen molar-refractivity contribution in [3.8, 4) is 0 Å². The molecule has 8 heteroatoms. The predicted molar refractivity (Wildman–Crippen MR) is 65.3 cm³/mol. The van der Waals surface area contributed by atoms with E-state index in [1.165, 1.54) is 19.1 Å². The molecule has 1 rings (SSSR count). The van der Waals surface area contributed by atoms with Gasteiger partial charge in [0.05, 0.1) is 11.0 Å². The molecule has 0 radical (unpaired) electrons. The number of hydrogen-bond donors (Lipinski definition) is 1. The molecule has 1 aromatic rings. The first-order valence-corrected chi connectivity index (χ1v) is 8.07. The van der Waals surface area contributed by atoms with Crippen molar-refractivity contribution in [1.29, 1.82) is 0 Å². The lowest BCUT2D eigenvalue weighted by molar-refractivity contribution is 0.248. The fraction of sp³-hybridized carbons (Fsp3) is 0.400. The van der Waals surface area contributed by atoms with Crippen LogP contribution < -0.4 is 0 Å². The van der Waals surface area contributed by atoms with E-state index in [2.05, 4.69) is 4.18 Å². The van der Waals surface area contributed by atoms with Crippen LogP contribution in [0.1, 0.15) is 12.5 Å². The first-order chi connectivity index (χ1) is 8.10. The van der Waals surface area contributed by atoms with Crippen LogP contribution in [-0.2, 0) is 24.4 Å². The van der Waals surface area contributed by atoms with Crippen molar-refractivity contribution in [2.24, 2.45) is 0 Å². The van der Waals surface area contributed by atoms with Crippen molar-refractivity contribution in [1.82, 2.24) is 0 Å². The van der Waals surface area contributed by atoms with E-state index in [1.807, 2.05) is 0 Å². The lowest BCUT2D eigenvalue weighted by Crippen LogP contribution is -2.23. The van der Waals surface area contributed by atoms with E-state index in [-0.39, 0.29) is 4.90 Å². The normalized spacial score (nSPS) is 14.4. The zero-order valence-electron chi connectivity index (χ0n) is 9.90. The topological polar surface area (TPSA) is 97.7 Å². The summed E-state index contributed by atoms with van der Waals surface area (Å²) < 4.78 is 57.9. The second kappa shape index (κ2) is 5.35. The molecule has 1 unspecified atom stereocenters. The second-order valence-corrected chi connectivity index (χ2v) is 6.99. The summed E-state index contributed by atoms with van der Waals surface area (Å²) in [6, 6.07) is 5.93. The summed E-state index contributed by atoms with van der Waals surface area (Å²) in [5.41, 5.74) is 0.889. The van der Waals surface area contributed by atoms with Crippen LogP contribution in [0.2, 0.25) is 0 Å². The molecule has 0 bridgehead atoms. The van der Waals surface area contributed by atoms with Crippen LogP contribution in [0.25, 0.3) is 0 Å². The minimum Gasteiger partial charge on any atom is -0.285 e. The maximum Gasteiger partial charge on any atom is 0.297 e. The molecule has 0 aliphatic heterocycles. The molecule has 1 aromatic carbocycles. The lowest BCUT2D eigenvalue weighted by Gasteiger charge is -2.11. The molecule has 1 atom stereocenters. The smallest absolute Gasteiger partial charge is 0.285 e. The molecule has 0 spiro atoms. The summed E-state index contributed by atoms with van der Waals surface area (Å²) in [7, 11) is -8.30. The first-order valence-electron chi connectivity index (χ1n) is 5.05. The van der Waals surface area contributed by atoms with Crippen LogP contribution >= 0.6 is 0 Å². The SMILES string of the molecule is Cc1ccc(S(=O)(=O)OC(C)CS(=O)(=O)O)cc1. The minimum absolute atomic E-state index is 0.0599. The fourth-order valence-corrected chi connectivity index (χ4v) is 3.13. The monoisotopic (exact) mass is 294 g/mol. The van der Waals surface area contributed by atoms with Gasteiger partial charge in [-0.25, -0.2) is 0 Å². The Labute approximate surface area is 106 Å². The molecule has 18 heavy (non-hydrogen) atoms. The maximum absolute atomic E-state index is 11.7. The van der Waals surface area contributed by atoms with Crippen LogP contribution in [0.4, 0.5) is 0 Å². The number of rotatable bonds is 5. The highest BCUT2D eigenvalue weighted by Crippen LogP contribution is 2.15. The Bertz CT molecular complexity index is 600. The van der Waals surface area contributed by atoms with Crippen molar-refractivity contribution in [3.63, 3.8) is 0 Å². The van der Waals surface area contributed by atoms with Gasteiger partial charge in [-0.15, -0.1) is 0 Å². The highest BCUT2D eigenvalue weighted by atomic mass is 32.2. The Kier molecular flexibility index (Phi) is 4.49. The van der Waals surface area contributed by atoms with E-state index < -0.39 is 32.1 Å². The highest BCUT2D eigenvalue weighted by molar-refractivity contribution is 7.87. The molecular formula is C10H14O6S2. The van der Waals surface area contributed by atoms with Crippen molar-refractivity contribution in [2.75, 3.05) is 5.75 Å². The Balaban J connectivity index is 2.86. The van der Waals surface area contributed by atoms with Crippen molar-refractivity contribution >= 4 is 20.2 Å². The zero-order valence-corrected chi connectivity index (χ0v) is 11.5. The molecule has 0 fully saturated rings. The van der Waals surface area contributed by atoms with Crippen molar-refractivity contribution in [2.45, 2.75) is 24.8 Å². The summed E-state index contributed by atoms with van der Waals surface area (Å²) in [4.78, 5) is -0.0599. The lowest BCUT2D eigenvalue weighted by atomic mass is 10.2. The second-order valence-electron chi connectivity index (χ2n) is 3.92. The maximum atomic E-state index is 11.7. The van der Waals surface area contributed by atoms with Crippen molar-refractivity contribution in [3.05, 3.63) is 29.8 Å². The summed E-state index contributed by atoms with van der Waals surface area (Å²) >= 11 is 0. The molecule has 0 saturated heterocycles. The van der Waals surface area contributed by atoms with Gasteiger partial charge in [-0.1, -0.05) is 17.7 Å². The Hall–Kier alpha value is -0.960. The van der Waals surface area contributed by atoms with E-state index in [9.17, 15) is 16.8 Å². The van der Waals surface area contributed by atoms with Crippen LogP contribution in [-0.4, -0.2) is 33.2 Å². The van der Waals surface area contributed by atoms with Crippen LogP contribution in [0.5, 0.6) is 0 Å². The van der Waals surface area contributed by atoms with Gasteiger partial charge in [0.1, 0.15) is 5.75 Å². The summed E-state index contributed by atoms with van der Waals surface area (Å²) in [5.74, 6) is -0.780. The van der Waals surface area contributed by atoms with Gasteiger partial charge in [0.2, 0.25) is 0 Å². The zero-order chi connectivity index (χ0) is 14.0. The van der Waals surface area contributed by atoms with E-state index in [1.54, 1.807) is 19.1 Å². The molecule has 0 heterocycles. The van der Waals surface area contributed by atoms with Crippen LogP contribution in [0.15, 0.2) is 29.2 Å². The summed E-state index contributed by atoms with van der Waals surface area (Å²) in [6.07, 6.45) is -1.16. The van der Waals surface area contributed by atoms with Crippen LogP contribution in [0.3, 0.4) is 0 Å². The van der Waals surface area contributed by atoms with Gasteiger partial charge in [0.25, 0.3) is 20.2 Å². The number of hydrogen-bond acceptors (Lipinski definition) is 5. The van der Waals surface area contributed by atoms with Gasteiger partial charge in [-0.05, 0) is 26.0 Å². The van der Waals surface area contributed by atoms with Gasteiger partial charge in [-0.3, -0.25) is 8.74 Å². The molecule has 102 valence electrons. The molecular weight excluding hydrogens is 280 g/mol. The summed E-state index contributed by atoms with van der Waals surface area (Å²) in [5, 5.41) is 0. The van der Waals surface area contributed by atoms with Gasteiger partial charge < -0.3 is 0 Å². The van der Waals surface area contributed by atoms with Gasteiger partial charge >= 0.3 is 0 Å². The largest absolute Gasteiger partial charge is 0.297 e. The van der Waals surface area contributed by atoms with E-state index in [0.29, 0.717) is 0 Å². The first kappa shape index (κ1) is 15.1. The van der Waals surface area contributed by atoms with E-state index in [4.69, 9.17) is 4.55 Å². The van der Waals surface area contributed by atoms with Crippen LogP contribution in [0, 0.1) is 6.92 Å². The quantitative estimate of drug-likeness (QED) is 0.642. The Morgan fingerprint density at radius 1 is 1.17 bits per heavy atom. The third-order valence-electron chi connectivity index (χ3n) is 2.05. The average Bonchev–Trinajstić information content (AvgIpc) is 2.13. The van der Waals surface area contributed by atoms with E-state index >= 15 is 0 Å². The molecule has 0 amide bonds. The Morgan fingerprint density at radius 2 is 1.67 bits per heavy atom. The standard InChI is InChI=1S/C10H14O6S2/c1-8-3-5-10(6-4-8)18(14,15)16-9(2)7-17(11,12)13/h3-6,9H,7H2,1-2H3,(H,11,12,13).